The SMILES string of the molecule is C/C=N\C(=C/C)N1CCN(CCCCOc2ccc3cccc(O)c3n2)CC1.CC.CC. The van der Waals surface area contributed by atoms with Gasteiger partial charge in [-0.15, -0.1) is 0 Å². The van der Waals surface area contributed by atoms with Gasteiger partial charge in [0.15, 0.2) is 0 Å². The molecule has 2 heterocycles. The van der Waals surface area contributed by atoms with Crippen molar-refractivity contribution >= 4 is 17.1 Å². The number of hydrogen-bond donors (Lipinski definition) is 1. The Labute approximate surface area is 194 Å². The van der Waals surface area contributed by atoms with Gasteiger partial charge in [-0.3, -0.25) is 4.90 Å². The van der Waals surface area contributed by atoms with Crippen LogP contribution in [0.3, 0.4) is 0 Å². The molecule has 1 saturated heterocycles. The molecule has 6 nitrogen and oxygen atoms in total. The summed E-state index contributed by atoms with van der Waals surface area (Å²) >= 11 is 0. The number of phenols is 1. The van der Waals surface area contributed by atoms with Gasteiger partial charge < -0.3 is 14.7 Å². The fourth-order valence-corrected chi connectivity index (χ4v) is 3.48. The number of nitrogens with zero attached hydrogens (tertiary/aromatic N) is 4. The molecule has 0 atom stereocenters. The standard InChI is InChI=1S/C22H30N4O2.2C2H6/c1-3-20(23-4-2)26-15-13-25(14-16-26)12-5-6-17-28-21-11-10-18-8-7-9-19(27)22(18)24-21;2*1-2/h3-4,7-11,27H,5-6,12-17H2,1-2H3;2*1-2H3/b20-3+,23-4-;;. The number of hydrogen-bond acceptors (Lipinski definition) is 6. The second-order valence-electron chi connectivity index (χ2n) is 6.92. The number of piperazine rings is 1. The highest BCUT2D eigenvalue weighted by molar-refractivity contribution is 5.84. The van der Waals surface area contributed by atoms with Gasteiger partial charge >= 0.3 is 0 Å². The van der Waals surface area contributed by atoms with Crippen molar-refractivity contribution < 1.29 is 9.84 Å². The van der Waals surface area contributed by atoms with Gasteiger partial charge in [-0.25, -0.2) is 9.98 Å². The second kappa shape index (κ2) is 16.1. The van der Waals surface area contributed by atoms with Crippen LogP contribution >= 0.6 is 0 Å². The molecule has 0 saturated carbocycles. The molecule has 0 radical (unpaired) electrons. The molecule has 6 heteroatoms. The molecule has 1 aromatic heterocycles. The third kappa shape index (κ3) is 8.50. The molecule has 1 fully saturated rings. The first-order chi connectivity index (χ1) is 15.7. The molecule has 3 rings (SSSR count). The summed E-state index contributed by atoms with van der Waals surface area (Å²) in [5.74, 6) is 1.83. The minimum absolute atomic E-state index is 0.188. The van der Waals surface area contributed by atoms with Crippen molar-refractivity contribution in [3.8, 4) is 11.6 Å². The summed E-state index contributed by atoms with van der Waals surface area (Å²) in [6, 6.07) is 9.18. The van der Waals surface area contributed by atoms with E-state index in [1.807, 2.05) is 72.0 Å². The summed E-state index contributed by atoms with van der Waals surface area (Å²) in [6.07, 6.45) is 6.02. The Balaban J connectivity index is 0.00000121. The van der Waals surface area contributed by atoms with Crippen molar-refractivity contribution in [2.75, 3.05) is 39.3 Å². The number of aliphatic imine (C=N–C) groups is 1. The molecule has 1 aliphatic heterocycles. The molecule has 0 spiro atoms. The number of fused-ring (bicyclic) bond motifs is 1. The van der Waals surface area contributed by atoms with E-state index in [0.717, 1.165) is 56.8 Å². The summed E-state index contributed by atoms with van der Waals surface area (Å²) in [5, 5.41) is 10.8. The van der Waals surface area contributed by atoms with Crippen molar-refractivity contribution in [3.05, 3.63) is 42.2 Å². The molecule has 0 bridgehead atoms. The lowest BCUT2D eigenvalue weighted by Gasteiger charge is -2.36. The fourth-order valence-electron chi connectivity index (χ4n) is 3.48. The first-order valence-electron chi connectivity index (χ1n) is 12.0. The summed E-state index contributed by atoms with van der Waals surface area (Å²) in [4.78, 5) is 13.7. The van der Waals surface area contributed by atoms with Crippen LogP contribution in [0.1, 0.15) is 54.4 Å². The van der Waals surface area contributed by atoms with Gasteiger partial charge in [0.05, 0.1) is 6.61 Å². The molecule has 1 N–H and O–H groups in total. The molecule has 0 amide bonds. The number of para-hydroxylation sites is 1. The van der Waals surface area contributed by atoms with Crippen molar-refractivity contribution in [1.82, 2.24) is 14.8 Å². The molecule has 2 aromatic rings. The predicted octanol–water partition coefficient (Wildman–Crippen LogP) is 5.72. The van der Waals surface area contributed by atoms with E-state index < -0.39 is 0 Å². The Morgan fingerprint density at radius 2 is 1.75 bits per heavy atom. The third-order valence-electron chi connectivity index (χ3n) is 5.01. The zero-order valence-corrected chi connectivity index (χ0v) is 20.8. The number of aromatic hydroxyl groups is 1. The molecule has 0 aliphatic carbocycles. The number of phenolic OH excluding ortho intramolecular Hbond substituents is 1. The van der Waals surface area contributed by atoms with E-state index in [-0.39, 0.29) is 5.75 Å². The second-order valence-corrected chi connectivity index (χ2v) is 6.92. The molecular formula is C26H42N4O2. The highest BCUT2D eigenvalue weighted by Gasteiger charge is 2.17. The van der Waals surface area contributed by atoms with E-state index in [1.54, 1.807) is 6.07 Å². The molecular weight excluding hydrogens is 400 g/mol. The number of aromatic nitrogens is 1. The zero-order valence-electron chi connectivity index (χ0n) is 20.8. The van der Waals surface area contributed by atoms with Crippen LogP contribution < -0.4 is 4.74 Å². The molecule has 178 valence electrons. The molecule has 0 unspecified atom stereocenters. The maximum Gasteiger partial charge on any atom is 0.213 e. The van der Waals surface area contributed by atoms with Gasteiger partial charge in [0.25, 0.3) is 0 Å². The lowest BCUT2D eigenvalue weighted by molar-refractivity contribution is 0.153. The monoisotopic (exact) mass is 442 g/mol. The van der Waals surface area contributed by atoms with Gasteiger partial charge in [0, 0.05) is 43.8 Å². The number of allylic oxidation sites excluding steroid dienone is 1. The largest absolute Gasteiger partial charge is 0.506 e. The predicted molar refractivity (Wildman–Crippen MR) is 137 cm³/mol. The molecule has 32 heavy (non-hydrogen) atoms. The highest BCUT2D eigenvalue weighted by Crippen LogP contribution is 2.24. The number of ether oxygens (including phenoxy) is 1. The lowest BCUT2D eigenvalue weighted by atomic mass is 10.2. The zero-order chi connectivity index (χ0) is 23.8. The summed E-state index contributed by atoms with van der Waals surface area (Å²) < 4.78 is 5.78. The van der Waals surface area contributed by atoms with Crippen LogP contribution in [0.25, 0.3) is 10.9 Å². The van der Waals surface area contributed by atoms with Crippen LogP contribution in [0.5, 0.6) is 11.6 Å². The maximum atomic E-state index is 9.91. The van der Waals surface area contributed by atoms with E-state index in [1.165, 1.54) is 0 Å². The summed E-state index contributed by atoms with van der Waals surface area (Å²) in [5.41, 5.74) is 0.589. The Morgan fingerprint density at radius 3 is 2.41 bits per heavy atom. The number of unbranched alkanes of at least 4 members (excludes halogenated alkanes) is 1. The van der Waals surface area contributed by atoms with Crippen LogP contribution in [0.15, 0.2) is 47.2 Å². The Bertz CT molecular complexity index is 828. The summed E-state index contributed by atoms with van der Waals surface area (Å²) in [6.45, 7) is 17.9. The van der Waals surface area contributed by atoms with Crippen LogP contribution in [0.4, 0.5) is 0 Å². The van der Waals surface area contributed by atoms with Crippen LogP contribution in [-0.2, 0) is 0 Å². The molecule has 1 aliphatic rings. The van der Waals surface area contributed by atoms with Crippen LogP contribution in [-0.4, -0.2) is 65.4 Å². The number of benzene rings is 1. The average molecular weight is 443 g/mol. The lowest BCUT2D eigenvalue weighted by Crippen LogP contribution is -2.45. The first-order valence-corrected chi connectivity index (χ1v) is 12.0. The minimum atomic E-state index is 0.188. The number of pyridine rings is 1. The highest BCUT2D eigenvalue weighted by atomic mass is 16.5. The Morgan fingerprint density at radius 1 is 1.03 bits per heavy atom. The summed E-state index contributed by atoms with van der Waals surface area (Å²) in [7, 11) is 0. The van der Waals surface area contributed by atoms with Crippen molar-refractivity contribution in [3.63, 3.8) is 0 Å². The van der Waals surface area contributed by atoms with E-state index in [9.17, 15) is 5.11 Å². The Kier molecular flexibility index (Phi) is 13.8. The van der Waals surface area contributed by atoms with Crippen molar-refractivity contribution in [1.29, 1.82) is 0 Å². The van der Waals surface area contributed by atoms with Gasteiger partial charge in [-0.2, -0.15) is 0 Å². The van der Waals surface area contributed by atoms with E-state index in [2.05, 4.69) is 25.9 Å². The van der Waals surface area contributed by atoms with E-state index >= 15 is 0 Å². The fraction of sp³-hybridized carbons (Fsp3) is 0.538. The van der Waals surface area contributed by atoms with E-state index in [4.69, 9.17) is 4.74 Å². The van der Waals surface area contributed by atoms with Gasteiger partial charge in [-0.05, 0) is 51.4 Å². The van der Waals surface area contributed by atoms with E-state index in [0.29, 0.717) is 18.0 Å². The van der Waals surface area contributed by atoms with Crippen molar-refractivity contribution in [2.24, 2.45) is 4.99 Å². The number of rotatable bonds is 8. The quantitative estimate of drug-likeness (QED) is 0.418. The van der Waals surface area contributed by atoms with Gasteiger partial charge in [-0.1, -0.05) is 39.8 Å². The Hall–Kier alpha value is -2.60. The minimum Gasteiger partial charge on any atom is -0.506 e. The normalized spacial score (nSPS) is 14.6. The average Bonchev–Trinajstić information content (AvgIpc) is 2.86. The maximum absolute atomic E-state index is 9.91. The topological polar surface area (TPSA) is 61.2 Å². The van der Waals surface area contributed by atoms with Crippen molar-refractivity contribution in [2.45, 2.75) is 54.4 Å². The molecule has 1 aromatic carbocycles. The van der Waals surface area contributed by atoms with Crippen LogP contribution in [0, 0.1) is 0 Å². The smallest absolute Gasteiger partial charge is 0.213 e. The van der Waals surface area contributed by atoms with Gasteiger partial charge in [0.2, 0.25) is 5.88 Å². The first kappa shape index (κ1) is 27.4. The van der Waals surface area contributed by atoms with Crippen LogP contribution in [0.2, 0.25) is 0 Å². The third-order valence-corrected chi connectivity index (χ3v) is 5.01. The van der Waals surface area contributed by atoms with Gasteiger partial charge in [0.1, 0.15) is 17.1 Å².